The van der Waals surface area contributed by atoms with E-state index in [2.05, 4.69) is 25.6 Å². The zero-order chi connectivity index (χ0) is 22.8. The van der Waals surface area contributed by atoms with Gasteiger partial charge in [-0.2, -0.15) is 0 Å². The third-order valence-electron chi connectivity index (χ3n) is 5.35. The number of pyridine rings is 1. The maximum absolute atomic E-state index is 13.8. The van der Waals surface area contributed by atoms with Crippen molar-refractivity contribution in [1.29, 1.82) is 0 Å². The Kier molecular flexibility index (Phi) is 5.54. The summed E-state index contributed by atoms with van der Waals surface area (Å²) in [4.78, 5) is 36.9. The molecule has 2 aromatic carbocycles. The Balaban J connectivity index is 1.44. The predicted molar refractivity (Wildman–Crippen MR) is 125 cm³/mol. The average Bonchev–Trinajstić information content (AvgIpc) is 3.49. The van der Waals surface area contributed by atoms with E-state index >= 15 is 0 Å². The number of halogens is 1. The van der Waals surface area contributed by atoms with Crippen LogP contribution in [0.1, 0.15) is 31.6 Å². The molecule has 164 valence electrons. The first-order valence-corrected chi connectivity index (χ1v) is 11.1. The van der Waals surface area contributed by atoms with Crippen LogP contribution in [0.15, 0.2) is 72.6 Å². The standard InChI is InChI=1S/C24H18FN5O2S/c25-18-7-8-33-22(18)24(32)27-12-19(16-6-5-14-3-1-2-4-15(14)9-16)30-23(31)17-10-26-11-20-21(17)29-13-28-20/h1-11,13,19H,12H2,(H,27,32)(H,28,29)(H,30,31). The maximum Gasteiger partial charge on any atom is 0.264 e. The zero-order valence-electron chi connectivity index (χ0n) is 17.2. The Labute approximate surface area is 191 Å². The van der Waals surface area contributed by atoms with Crippen molar-refractivity contribution >= 4 is 45.0 Å². The highest BCUT2D eigenvalue weighted by atomic mass is 32.1. The Morgan fingerprint density at radius 1 is 1.06 bits per heavy atom. The van der Waals surface area contributed by atoms with Crippen LogP contribution >= 0.6 is 11.3 Å². The summed E-state index contributed by atoms with van der Waals surface area (Å²) in [6, 6.07) is 14.4. The van der Waals surface area contributed by atoms with Gasteiger partial charge in [0, 0.05) is 12.7 Å². The van der Waals surface area contributed by atoms with Crippen LogP contribution < -0.4 is 10.6 Å². The number of imidazole rings is 1. The first-order valence-electron chi connectivity index (χ1n) is 10.2. The van der Waals surface area contributed by atoms with Gasteiger partial charge >= 0.3 is 0 Å². The minimum absolute atomic E-state index is 0.00378. The average molecular weight is 460 g/mol. The monoisotopic (exact) mass is 459 g/mol. The molecule has 0 fully saturated rings. The number of benzene rings is 2. The van der Waals surface area contributed by atoms with E-state index in [9.17, 15) is 14.0 Å². The van der Waals surface area contributed by atoms with E-state index in [-0.39, 0.29) is 17.3 Å². The molecule has 1 unspecified atom stereocenters. The summed E-state index contributed by atoms with van der Waals surface area (Å²) in [5.41, 5.74) is 2.27. The Bertz CT molecular complexity index is 1480. The Morgan fingerprint density at radius 3 is 2.73 bits per heavy atom. The fraction of sp³-hybridized carbons (Fsp3) is 0.0833. The van der Waals surface area contributed by atoms with Crippen molar-refractivity contribution in [2.75, 3.05) is 6.54 Å². The fourth-order valence-corrected chi connectivity index (χ4v) is 4.36. The third-order valence-corrected chi connectivity index (χ3v) is 6.24. The molecule has 33 heavy (non-hydrogen) atoms. The smallest absolute Gasteiger partial charge is 0.264 e. The van der Waals surface area contributed by atoms with Gasteiger partial charge in [0.15, 0.2) is 0 Å². The van der Waals surface area contributed by atoms with E-state index in [4.69, 9.17) is 0 Å². The van der Waals surface area contributed by atoms with Gasteiger partial charge in [-0.05, 0) is 33.8 Å². The van der Waals surface area contributed by atoms with Crippen molar-refractivity contribution in [2.45, 2.75) is 6.04 Å². The number of fused-ring (bicyclic) bond motifs is 2. The maximum atomic E-state index is 13.8. The molecule has 7 nitrogen and oxygen atoms in total. The van der Waals surface area contributed by atoms with Crippen molar-refractivity contribution < 1.29 is 14.0 Å². The van der Waals surface area contributed by atoms with Crippen LogP contribution in [0, 0.1) is 5.82 Å². The molecule has 2 amide bonds. The lowest BCUT2D eigenvalue weighted by molar-refractivity contribution is 0.0909. The van der Waals surface area contributed by atoms with Gasteiger partial charge in [-0.25, -0.2) is 9.37 Å². The lowest BCUT2D eigenvalue weighted by atomic mass is 10.0. The molecule has 3 heterocycles. The SMILES string of the molecule is O=C(NCC(NC(=O)c1cncc2[nH]cnc12)c1ccc2ccccc2c1)c1sccc1F. The number of amides is 2. The molecule has 3 aromatic heterocycles. The van der Waals surface area contributed by atoms with Crippen molar-refractivity contribution in [1.82, 2.24) is 25.6 Å². The molecule has 0 bridgehead atoms. The number of carbonyl (C=O) groups excluding carboxylic acids is 2. The number of hydrogen-bond acceptors (Lipinski definition) is 5. The second-order valence-corrected chi connectivity index (χ2v) is 8.34. The molecule has 0 aliphatic heterocycles. The van der Waals surface area contributed by atoms with Gasteiger partial charge in [0.05, 0.1) is 29.6 Å². The minimum atomic E-state index is -0.569. The van der Waals surface area contributed by atoms with E-state index in [1.807, 2.05) is 42.5 Å². The van der Waals surface area contributed by atoms with Crippen LogP contribution in [0.3, 0.4) is 0 Å². The second kappa shape index (κ2) is 8.79. The molecule has 0 saturated carbocycles. The summed E-state index contributed by atoms with van der Waals surface area (Å²) in [5.74, 6) is -1.48. The summed E-state index contributed by atoms with van der Waals surface area (Å²) in [5, 5.41) is 9.29. The van der Waals surface area contributed by atoms with E-state index < -0.39 is 17.8 Å². The fourth-order valence-electron chi connectivity index (χ4n) is 3.67. The Hall–Kier alpha value is -4.11. The summed E-state index contributed by atoms with van der Waals surface area (Å²) >= 11 is 1.03. The molecule has 5 aromatic rings. The lowest BCUT2D eigenvalue weighted by Gasteiger charge is -2.20. The Morgan fingerprint density at radius 2 is 1.91 bits per heavy atom. The highest BCUT2D eigenvalue weighted by molar-refractivity contribution is 7.12. The van der Waals surface area contributed by atoms with E-state index in [0.717, 1.165) is 27.7 Å². The van der Waals surface area contributed by atoms with Crippen molar-refractivity contribution in [3.8, 4) is 0 Å². The van der Waals surface area contributed by atoms with Gasteiger partial charge in [0.2, 0.25) is 0 Å². The lowest BCUT2D eigenvalue weighted by Crippen LogP contribution is -2.38. The summed E-state index contributed by atoms with van der Waals surface area (Å²) in [6.07, 6.45) is 4.55. The predicted octanol–water partition coefficient (Wildman–Crippen LogP) is 4.21. The molecule has 0 aliphatic carbocycles. The largest absolute Gasteiger partial charge is 0.349 e. The second-order valence-electron chi connectivity index (χ2n) is 7.43. The normalized spacial score (nSPS) is 12.0. The van der Waals surface area contributed by atoms with Gasteiger partial charge in [-0.15, -0.1) is 11.3 Å². The number of nitrogens with one attached hydrogen (secondary N) is 3. The van der Waals surface area contributed by atoms with Crippen LogP contribution in [-0.2, 0) is 0 Å². The highest BCUT2D eigenvalue weighted by Crippen LogP contribution is 2.22. The number of aromatic nitrogens is 3. The number of H-pyrrole nitrogens is 1. The molecule has 0 saturated heterocycles. The summed E-state index contributed by atoms with van der Waals surface area (Å²) in [6.45, 7) is 0.0736. The van der Waals surface area contributed by atoms with Gasteiger partial charge in [-0.1, -0.05) is 36.4 Å². The number of carbonyl (C=O) groups is 2. The quantitative estimate of drug-likeness (QED) is 0.354. The number of nitrogens with zero attached hydrogens (tertiary/aromatic N) is 2. The molecule has 5 rings (SSSR count). The first-order chi connectivity index (χ1) is 16.1. The third kappa shape index (κ3) is 4.18. The van der Waals surface area contributed by atoms with Gasteiger partial charge < -0.3 is 15.6 Å². The van der Waals surface area contributed by atoms with Gasteiger partial charge in [-0.3, -0.25) is 14.6 Å². The van der Waals surface area contributed by atoms with Crippen LogP contribution in [0.25, 0.3) is 21.8 Å². The number of aromatic amines is 1. The van der Waals surface area contributed by atoms with E-state index in [1.54, 1.807) is 6.20 Å². The summed E-state index contributed by atoms with van der Waals surface area (Å²) in [7, 11) is 0. The van der Waals surface area contributed by atoms with Crippen LogP contribution in [0.5, 0.6) is 0 Å². The van der Waals surface area contributed by atoms with Crippen LogP contribution in [0.4, 0.5) is 4.39 Å². The highest BCUT2D eigenvalue weighted by Gasteiger charge is 2.21. The van der Waals surface area contributed by atoms with E-state index in [0.29, 0.717) is 16.6 Å². The van der Waals surface area contributed by atoms with Crippen LogP contribution in [0.2, 0.25) is 0 Å². The molecule has 0 radical (unpaired) electrons. The topological polar surface area (TPSA) is 99.8 Å². The summed E-state index contributed by atoms with van der Waals surface area (Å²) < 4.78 is 13.8. The number of thiophene rings is 1. The van der Waals surface area contributed by atoms with Crippen LogP contribution in [-0.4, -0.2) is 33.3 Å². The first kappa shape index (κ1) is 20.8. The molecule has 3 N–H and O–H groups in total. The molecule has 9 heteroatoms. The van der Waals surface area contributed by atoms with Crippen molar-refractivity contribution in [3.05, 3.63) is 94.5 Å². The van der Waals surface area contributed by atoms with E-state index in [1.165, 1.54) is 24.0 Å². The molecule has 0 spiro atoms. The molecular formula is C24H18FN5O2S. The number of hydrogen-bond donors (Lipinski definition) is 3. The van der Waals surface area contributed by atoms with Gasteiger partial charge in [0.25, 0.3) is 11.8 Å². The zero-order valence-corrected chi connectivity index (χ0v) is 18.0. The minimum Gasteiger partial charge on any atom is -0.349 e. The number of rotatable bonds is 6. The molecular weight excluding hydrogens is 441 g/mol. The van der Waals surface area contributed by atoms with Gasteiger partial charge in [0.1, 0.15) is 16.2 Å². The van der Waals surface area contributed by atoms with Crippen molar-refractivity contribution in [2.24, 2.45) is 0 Å². The molecule has 1 atom stereocenters. The molecule has 0 aliphatic rings. The van der Waals surface area contributed by atoms with Crippen molar-refractivity contribution in [3.63, 3.8) is 0 Å².